The largest absolute Gasteiger partial charge is 0.495 e. The average Bonchev–Trinajstić information content (AvgIpc) is 2.43. The van der Waals surface area contributed by atoms with Gasteiger partial charge in [-0.05, 0) is 18.2 Å². The minimum Gasteiger partial charge on any atom is -0.495 e. The highest BCUT2D eigenvalue weighted by atomic mass is 32.2. The maximum Gasteiger partial charge on any atom is 0.335 e. The second-order valence-corrected chi connectivity index (χ2v) is 5.54. The molecule has 4 N–H and O–H groups in total. The Kier molecular flexibility index (Phi) is 5.45. The van der Waals surface area contributed by atoms with Gasteiger partial charge in [0, 0.05) is 0 Å². The summed E-state index contributed by atoms with van der Waals surface area (Å²) in [6, 6.07) is 2.27. The van der Waals surface area contributed by atoms with Crippen LogP contribution in [0.25, 0.3) is 0 Å². The van der Waals surface area contributed by atoms with E-state index in [-0.39, 0.29) is 16.2 Å². The molecule has 0 heterocycles. The van der Waals surface area contributed by atoms with Crippen molar-refractivity contribution in [1.82, 2.24) is 4.72 Å². The molecule has 0 aliphatic carbocycles. The first-order valence-corrected chi connectivity index (χ1v) is 6.99. The molecule has 0 aromatic heterocycles. The average molecular weight is 305 g/mol. The van der Waals surface area contributed by atoms with Crippen LogP contribution in [0.3, 0.4) is 0 Å². The Morgan fingerprint density at radius 3 is 2.40 bits per heavy atom. The van der Waals surface area contributed by atoms with E-state index in [0.29, 0.717) is 0 Å². The zero-order valence-electron chi connectivity index (χ0n) is 10.6. The molecule has 0 aliphatic rings. The number of hydrogen-bond donors (Lipinski definition) is 4. The number of rotatable bonds is 7. The molecular formula is C11H15NO7S. The van der Waals surface area contributed by atoms with Crippen molar-refractivity contribution in [3.63, 3.8) is 0 Å². The lowest BCUT2D eigenvalue weighted by Gasteiger charge is -2.16. The first-order valence-electron chi connectivity index (χ1n) is 5.51. The van der Waals surface area contributed by atoms with Gasteiger partial charge in [-0.25, -0.2) is 17.9 Å². The third kappa shape index (κ3) is 3.67. The zero-order chi connectivity index (χ0) is 15.3. The summed E-state index contributed by atoms with van der Waals surface area (Å²) in [5.74, 6) is -1.33. The highest BCUT2D eigenvalue weighted by molar-refractivity contribution is 7.89. The van der Waals surface area contributed by atoms with Crippen LogP contribution in [0.15, 0.2) is 23.1 Å². The summed E-state index contributed by atoms with van der Waals surface area (Å²) in [6.07, 6.45) is 0. The fourth-order valence-corrected chi connectivity index (χ4v) is 2.85. The molecule has 1 aromatic rings. The van der Waals surface area contributed by atoms with Crippen LogP contribution in [0, 0.1) is 0 Å². The zero-order valence-corrected chi connectivity index (χ0v) is 11.4. The van der Waals surface area contributed by atoms with Gasteiger partial charge >= 0.3 is 5.97 Å². The SMILES string of the molecule is COc1ccc(C(=O)O)cc1S(=O)(=O)NC(CO)CO. The summed E-state index contributed by atoms with van der Waals surface area (Å²) in [4.78, 5) is 10.5. The standard InChI is InChI=1S/C11H15NO7S/c1-19-9-3-2-7(11(15)16)4-10(9)20(17,18)12-8(5-13)6-14/h2-4,8,12-14H,5-6H2,1H3,(H,15,16). The number of ether oxygens (including phenoxy) is 1. The van der Waals surface area contributed by atoms with Crippen molar-refractivity contribution < 1.29 is 33.3 Å². The van der Waals surface area contributed by atoms with E-state index >= 15 is 0 Å². The lowest BCUT2D eigenvalue weighted by Crippen LogP contribution is -2.40. The summed E-state index contributed by atoms with van der Waals surface area (Å²) < 4.78 is 31.1. The maximum absolute atomic E-state index is 12.1. The van der Waals surface area contributed by atoms with Crippen LogP contribution in [0.5, 0.6) is 5.75 Å². The van der Waals surface area contributed by atoms with Crippen molar-refractivity contribution in [2.45, 2.75) is 10.9 Å². The third-order valence-corrected chi connectivity index (χ3v) is 4.00. The molecule has 0 aliphatic heterocycles. The van der Waals surface area contributed by atoms with Gasteiger partial charge in [-0.1, -0.05) is 0 Å². The van der Waals surface area contributed by atoms with Gasteiger partial charge in [0.15, 0.2) is 0 Å². The molecule has 1 aromatic carbocycles. The molecule has 0 fully saturated rings. The van der Waals surface area contributed by atoms with Gasteiger partial charge in [-0.2, -0.15) is 0 Å². The Labute approximate surface area is 115 Å². The summed E-state index contributed by atoms with van der Waals surface area (Å²) in [5.41, 5.74) is -0.226. The van der Waals surface area contributed by atoms with Crippen LogP contribution < -0.4 is 9.46 Å². The van der Waals surface area contributed by atoms with E-state index in [1.54, 1.807) is 0 Å². The molecule has 0 bridgehead atoms. The van der Waals surface area contributed by atoms with Gasteiger partial charge in [-0.3, -0.25) is 0 Å². The molecule has 8 nitrogen and oxygen atoms in total. The second kappa shape index (κ2) is 6.66. The Hall–Kier alpha value is -1.68. The summed E-state index contributed by atoms with van der Waals surface area (Å²) in [7, 11) is -2.90. The van der Waals surface area contributed by atoms with Gasteiger partial charge < -0.3 is 20.1 Å². The number of nitrogens with one attached hydrogen (secondary N) is 1. The molecule has 9 heteroatoms. The van der Waals surface area contributed by atoms with Crippen molar-refractivity contribution in [2.75, 3.05) is 20.3 Å². The van der Waals surface area contributed by atoms with Gasteiger partial charge in [0.2, 0.25) is 10.0 Å². The maximum atomic E-state index is 12.1. The number of benzene rings is 1. The number of aromatic carboxylic acids is 1. The number of hydrogen-bond acceptors (Lipinski definition) is 6. The molecule has 0 radical (unpaired) electrons. The summed E-state index contributed by atoms with van der Waals surface area (Å²) in [6.45, 7) is -1.20. The monoisotopic (exact) mass is 305 g/mol. The van der Waals surface area contributed by atoms with Crippen molar-refractivity contribution >= 4 is 16.0 Å². The van der Waals surface area contributed by atoms with E-state index in [4.69, 9.17) is 20.1 Å². The molecular weight excluding hydrogens is 290 g/mol. The highest BCUT2D eigenvalue weighted by Gasteiger charge is 2.24. The van der Waals surface area contributed by atoms with Gasteiger partial charge in [-0.15, -0.1) is 0 Å². The van der Waals surface area contributed by atoms with E-state index in [1.165, 1.54) is 19.2 Å². The van der Waals surface area contributed by atoms with Crippen LogP contribution in [0.4, 0.5) is 0 Å². The van der Waals surface area contributed by atoms with E-state index in [9.17, 15) is 13.2 Å². The molecule has 0 unspecified atom stereocenters. The van der Waals surface area contributed by atoms with E-state index in [2.05, 4.69) is 0 Å². The summed E-state index contributed by atoms with van der Waals surface area (Å²) >= 11 is 0. The van der Waals surface area contributed by atoms with Crippen LogP contribution in [-0.4, -0.2) is 56.1 Å². The second-order valence-electron chi connectivity index (χ2n) is 3.85. The number of carboxylic acids is 1. The number of sulfonamides is 1. The fraction of sp³-hybridized carbons (Fsp3) is 0.364. The third-order valence-electron chi connectivity index (χ3n) is 2.46. The van der Waals surface area contributed by atoms with E-state index in [0.717, 1.165) is 6.07 Å². The Morgan fingerprint density at radius 1 is 1.35 bits per heavy atom. The van der Waals surface area contributed by atoms with E-state index in [1.807, 2.05) is 4.72 Å². The van der Waals surface area contributed by atoms with Gasteiger partial charge in [0.25, 0.3) is 0 Å². The van der Waals surface area contributed by atoms with Crippen molar-refractivity contribution in [3.8, 4) is 5.75 Å². The van der Waals surface area contributed by atoms with E-state index < -0.39 is 35.2 Å². The first kappa shape index (κ1) is 16.4. The topological polar surface area (TPSA) is 133 Å². The normalized spacial score (nSPS) is 11.6. The molecule has 0 saturated carbocycles. The summed E-state index contributed by atoms with van der Waals surface area (Å²) in [5, 5.41) is 26.7. The van der Waals surface area contributed by atoms with Crippen molar-refractivity contribution in [3.05, 3.63) is 23.8 Å². The van der Waals surface area contributed by atoms with Crippen LogP contribution in [-0.2, 0) is 10.0 Å². The molecule has 20 heavy (non-hydrogen) atoms. The Bertz CT molecular complexity index is 580. The fourth-order valence-electron chi connectivity index (χ4n) is 1.43. The number of carbonyl (C=O) groups is 1. The minimum absolute atomic E-state index is 0.0443. The van der Waals surface area contributed by atoms with Crippen LogP contribution in [0.1, 0.15) is 10.4 Å². The van der Waals surface area contributed by atoms with Gasteiger partial charge in [0.1, 0.15) is 10.6 Å². The smallest absolute Gasteiger partial charge is 0.335 e. The van der Waals surface area contributed by atoms with Crippen LogP contribution >= 0.6 is 0 Å². The molecule has 112 valence electrons. The molecule has 0 spiro atoms. The number of carboxylic acid groups (broad SMARTS) is 1. The number of aliphatic hydroxyl groups is 2. The van der Waals surface area contributed by atoms with Crippen LogP contribution in [0.2, 0.25) is 0 Å². The number of methoxy groups -OCH3 is 1. The molecule has 0 saturated heterocycles. The predicted molar refractivity (Wildman–Crippen MR) is 68.2 cm³/mol. The molecule has 1 rings (SSSR count). The first-order chi connectivity index (χ1) is 9.35. The quantitative estimate of drug-likeness (QED) is 0.509. The minimum atomic E-state index is -4.14. The Balaban J connectivity index is 3.28. The van der Waals surface area contributed by atoms with Crippen molar-refractivity contribution in [1.29, 1.82) is 0 Å². The lowest BCUT2D eigenvalue weighted by molar-refractivity contribution is 0.0696. The molecule has 0 atom stereocenters. The predicted octanol–water partition coefficient (Wildman–Crippen LogP) is -0.975. The van der Waals surface area contributed by atoms with Crippen molar-refractivity contribution in [2.24, 2.45) is 0 Å². The highest BCUT2D eigenvalue weighted by Crippen LogP contribution is 2.25. The molecule has 0 amide bonds. The number of aliphatic hydroxyl groups excluding tert-OH is 2. The van der Waals surface area contributed by atoms with Gasteiger partial charge in [0.05, 0.1) is 31.9 Å². The Morgan fingerprint density at radius 2 is 1.95 bits per heavy atom. The lowest BCUT2D eigenvalue weighted by atomic mass is 10.2.